The molecule has 0 unspecified atom stereocenters. The van der Waals surface area contributed by atoms with E-state index in [1.165, 1.54) is 17.6 Å². The first-order valence-electron chi connectivity index (χ1n) is 7.32. The summed E-state index contributed by atoms with van der Waals surface area (Å²) in [6.45, 7) is 0. The van der Waals surface area contributed by atoms with E-state index in [0.717, 1.165) is 26.7 Å². The van der Waals surface area contributed by atoms with Crippen molar-refractivity contribution < 1.29 is 8.42 Å². The molecule has 4 rings (SSSR count). The second kappa shape index (κ2) is 5.94. The van der Waals surface area contributed by atoms with Crippen LogP contribution in [0.15, 0.2) is 59.8 Å². The van der Waals surface area contributed by atoms with E-state index in [0.29, 0.717) is 9.92 Å². The third kappa shape index (κ3) is 2.95. The predicted octanol–water partition coefficient (Wildman–Crippen LogP) is 4.18. The van der Waals surface area contributed by atoms with Crippen molar-refractivity contribution in [3.8, 4) is 21.7 Å². The fraction of sp³-hybridized carbons (Fsp3) is 0.0588. The van der Waals surface area contributed by atoms with E-state index < -0.39 is 9.84 Å². The van der Waals surface area contributed by atoms with Crippen molar-refractivity contribution in [2.24, 2.45) is 0 Å². The molecule has 0 N–H and O–H groups in total. The van der Waals surface area contributed by atoms with Gasteiger partial charge in [0.2, 0.25) is 4.96 Å². The first-order chi connectivity index (χ1) is 11.9. The van der Waals surface area contributed by atoms with E-state index in [-0.39, 0.29) is 0 Å². The minimum Gasteiger partial charge on any atom is -0.271 e. The Morgan fingerprint density at radius 2 is 1.84 bits per heavy atom. The number of halogens is 1. The van der Waals surface area contributed by atoms with Gasteiger partial charge in [0.05, 0.1) is 15.5 Å². The summed E-state index contributed by atoms with van der Waals surface area (Å²) < 4.78 is 25.3. The Kier molecular flexibility index (Phi) is 3.87. The van der Waals surface area contributed by atoms with Crippen LogP contribution in [0.25, 0.3) is 26.7 Å². The molecule has 2 aromatic carbocycles. The summed E-state index contributed by atoms with van der Waals surface area (Å²) in [7, 11) is -3.23. The number of thiazole rings is 1. The van der Waals surface area contributed by atoms with Crippen LogP contribution < -0.4 is 0 Å². The number of fused-ring (bicyclic) bond motifs is 1. The summed E-state index contributed by atoms with van der Waals surface area (Å²) in [5.41, 5.74) is 2.79. The first-order valence-corrected chi connectivity index (χ1v) is 10.4. The molecule has 0 aliphatic carbocycles. The van der Waals surface area contributed by atoms with Crippen LogP contribution in [-0.2, 0) is 9.84 Å². The third-order valence-corrected chi connectivity index (χ3v) is 6.27. The van der Waals surface area contributed by atoms with Crippen LogP contribution in [0.2, 0.25) is 5.02 Å². The number of benzene rings is 2. The highest BCUT2D eigenvalue weighted by Gasteiger charge is 2.18. The lowest BCUT2D eigenvalue weighted by molar-refractivity contribution is 0.602. The van der Waals surface area contributed by atoms with E-state index in [9.17, 15) is 8.42 Å². The van der Waals surface area contributed by atoms with Crippen LogP contribution in [0.1, 0.15) is 0 Å². The van der Waals surface area contributed by atoms with Crippen molar-refractivity contribution in [2.75, 3.05) is 6.26 Å². The lowest BCUT2D eigenvalue weighted by Gasteiger charge is -2.06. The molecule has 25 heavy (non-hydrogen) atoms. The Bertz CT molecular complexity index is 1180. The van der Waals surface area contributed by atoms with Gasteiger partial charge < -0.3 is 0 Å². The van der Waals surface area contributed by atoms with Crippen LogP contribution in [0.5, 0.6) is 0 Å². The molecule has 0 saturated carbocycles. The van der Waals surface area contributed by atoms with Crippen LogP contribution in [-0.4, -0.2) is 29.3 Å². The van der Waals surface area contributed by atoms with Gasteiger partial charge in [0.15, 0.2) is 9.84 Å². The molecule has 8 heteroatoms. The highest BCUT2D eigenvalue weighted by atomic mass is 35.5. The molecule has 0 aliphatic heterocycles. The van der Waals surface area contributed by atoms with Crippen LogP contribution in [0.4, 0.5) is 0 Å². The molecule has 126 valence electrons. The summed E-state index contributed by atoms with van der Waals surface area (Å²) in [6, 6.07) is 14.4. The zero-order chi connectivity index (χ0) is 17.6. The molecule has 0 spiro atoms. The van der Waals surface area contributed by atoms with E-state index in [2.05, 4.69) is 10.2 Å². The van der Waals surface area contributed by atoms with Gasteiger partial charge in [-0.3, -0.25) is 4.40 Å². The average molecular weight is 390 g/mol. The standard InChI is InChI=1S/C17H12ClN3O2S2/c1-25(22,23)14-7-5-11(6-8-14)16-15(12-3-2-4-13(18)9-12)21-10-19-20-17(21)24-16/h2-10H,1H3. The topological polar surface area (TPSA) is 64.3 Å². The lowest BCUT2D eigenvalue weighted by atomic mass is 10.1. The van der Waals surface area contributed by atoms with Crippen molar-refractivity contribution in [1.82, 2.24) is 14.6 Å². The van der Waals surface area contributed by atoms with Crippen LogP contribution in [0, 0.1) is 0 Å². The second-order valence-corrected chi connectivity index (χ2v) is 9.00. The summed E-state index contributed by atoms with van der Waals surface area (Å²) >= 11 is 7.65. The second-order valence-electron chi connectivity index (χ2n) is 5.57. The predicted molar refractivity (Wildman–Crippen MR) is 99.9 cm³/mol. The smallest absolute Gasteiger partial charge is 0.217 e. The Balaban J connectivity index is 1.93. The van der Waals surface area contributed by atoms with E-state index in [4.69, 9.17) is 11.6 Å². The molecule has 0 saturated heterocycles. The monoisotopic (exact) mass is 389 g/mol. The molecule has 0 radical (unpaired) electrons. The number of hydrogen-bond donors (Lipinski definition) is 0. The molecule has 5 nitrogen and oxygen atoms in total. The minimum atomic E-state index is -3.23. The molecule has 2 heterocycles. The summed E-state index contributed by atoms with van der Waals surface area (Å²) in [5.74, 6) is 0. The SMILES string of the molecule is CS(=O)(=O)c1ccc(-c2sc3nncn3c2-c2cccc(Cl)c2)cc1. The minimum absolute atomic E-state index is 0.295. The highest BCUT2D eigenvalue weighted by molar-refractivity contribution is 7.90. The maximum absolute atomic E-state index is 11.7. The van der Waals surface area contributed by atoms with Gasteiger partial charge in [-0.15, -0.1) is 10.2 Å². The van der Waals surface area contributed by atoms with E-state index in [1.807, 2.05) is 40.8 Å². The van der Waals surface area contributed by atoms with Gasteiger partial charge in [-0.1, -0.05) is 47.2 Å². The normalized spacial score (nSPS) is 11.9. The molecule has 0 atom stereocenters. The Morgan fingerprint density at radius 3 is 2.52 bits per heavy atom. The quantitative estimate of drug-likeness (QED) is 0.527. The van der Waals surface area contributed by atoms with Crippen LogP contribution >= 0.6 is 22.9 Å². The summed E-state index contributed by atoms with van der Waals surface area (Å²) in [6.07, 6.45) is 2.86. The number of aromatic nitrogens is 3. The van der Waals surface area contributed by atoms with Crippen molar-refractivity contribution in [3.63, 3.8) is 0 Å². The summed E-state index contributed by atoms with van der Waals surface area (Å²) in [5, 5.41) is 8.74. The largest absolute Gasteiger partial charge is 0.271 e. The number of rotatable bonds is 3. The molecular weight excluding hydrogens is 378 g/mol. The molecule has 0 amide bonds. The van der Waals surface area contributed by atoms with Crippen molar-refractivity contribution >= 4 is 37.7 Å². The fourth-order valence-electron chi connectivity index (χ4n) is 2.65. The highest BCUT2D eigenvalue weighted by Crippen LogP contribution is 2.39. The van der Waals surface area contributed by atoms with Gasteiger partial charge in [-0.05, 0) is 29.8 Å². The zero-order valence-electron chi connectivity index (χ0n) is 13.0. The van der Waals surface area contributed by atoms with Gasteiger partial charge in [0.25, 0.3) is 0 Å². The third-order valence-electron chi connectivity index (χ3n) is 3.81. The molecule has 0 bridgehead atoms. The number of nitrogens with zero attached hydrogens (tertiary/aromatic N) is 3. The van der Waals surface area contributed by atoms with Gasteiger partial charge in [0.1, 0.15) is 6.33 Å². The fourth-order valence-corrected chi connectivity index (χ4v) is 4.55. The van der Waals surface area contributed by atoms with Gasteiger partial charge >= 0.3 is 0 Å². The van der Waals surface area contributed by atoms with Crippen molar-refractivity contribution in [1.29, 1.82) is 0 Å². The Morgan fingerprint density at radius 1 is 1.08 bits per heavy atom. The van der Waals surface area contributed by atoms with E-state index >= 15 is 0 Å². The number of sulfone groups is 1. The van der Waals surface area contributed by atoms with Gasteiger partial charge in [-0.2, -0.15) is 0 Å². The Labute approximate surface area is 153 Å². The van der Waals surface area contributed by atoms with Crippen LogP contribution in [0.3, 0.4) is 0 Å². The average Bonchev–Trinajstić information content (AvgIpc) is 3.14. The Hall–Kier alpha value is -2.22. The van der Waals surface area contributed by atoms with E-state index in [1.54, 1.807) is 18.5 Å². The van der Waals surface area contributed by atoms with Crippen molar-refractivity contribution in [2.45, 2.75) is 4.90 Å². The molecule has 2 aromatic heterocycles. The van der Waals surface area contributed by atoms with Crippen molar-refractivity contribution in [3.05, 3.63) is 59.9 Å². The molecular formula is C17H12ClN3O2S2. The molecule has 4 aromatic rings. The maximum Gasteiger partial charge on any atom is 0.217 e. The first kappa shape index (κ1) is 16.3. The van der Waals surface area contributed by atoms with Gasteiger partial charge in [-0.25, -0.2) is 8.42 Å². The summed E-state index contributed by atoms with van der Waals surface area (Å²) in [4.78, 5) is 2.04. The lowest BCUT2D eigenvalue weighted by Crippen LogP contribution is -1.96. The molecule has 0 aliphatic rings. The number of hydrogen-bond acceptors (Lipinski definition) is 5. The molecule has 0 fully saturated rings. The maximum atomic E-state index is 11.7. The van der Waals surface area contributed by atoms with Gasteiger partial charge in [0, 0.05) is 16.8 Å². The zero-order valence-corrected chi connectivity index (χ0v) is 15.4.